The number of ketones is 1. The molecule has 2 fully saturated rings. The summed E-state index contributed by atoms with van der Waals surface area (Å²) < 4.78 is 27.3. The van der Waals surface area contributed by atoms with Gasteiger partial charge in [-0.05, 0) is 54.8 Å². The molecule has 0 bridgehead atoms. The van der Waals surface area contributed by atoms with E-state index in [1.807, 2.05) is 0 Å². The van der Waals surface area contributed by atoms with Gasteiger partial charge in [-0.3, -0.25) is 4.79 Å². The molecule has 3 atom stereocenters. The van der Waals surface area contributed by atoms with Crippen molar-refractivity contribution in [2.75, 3.05) is 19.6 Å². The molecule has 1 heterocycles. The van der Waals surface area contributed by atoms with E-state index in [2.05, 4.69) is 0 Å². The minimum absolute atomic E-state index is 0. The number of fused-ring (bicyclic) bond motifs is 2. The fraction of sp³-hybridized carbons (Fsp3) is 0.562. The minimum atomic E-state index is -3.50. The van der Waals surface area contributed by atoms with Gasteiger partial charge in [0, 0.05) is 25.1 Å². The maximum Gasteiger partial charge on any atom is 0.243 e. The third kappa shape index (κ3) is 2.52. The van der Waals surface area contributed by atoms with Gasteiger partial charge in [0.1, 0.15) is 0 Å². The largest absolute Gasteiger partial charge is 0.330 e. The third-order valence-electron chi connectivity index (χ3n) is 5.61. The number of sulfonamides is 1. The highest BCUT2D eigenvalue weighted by Gasteiger charge is 2.49. The zero-order chi connectivity index (χ0) is 15.5. The van der Waals surface area contributed by atoms with Gasteiger partial charge >= 0.3 is 0 Å². The van der Waals surface area contributed by atoms with Crippen molar-refractivity contribution in [3.05, 3.63) is 29.3 Å². The molecule has 7 heteroatoms. The van der Waals surface area contributed by atoms with Crippen LogP contribution in [-0.2, 0) is 16.4 Å². The van der Waals surface area contributed by atoms with E-state index in [4.69, 9.17) is 5.73 Å². The summed E-state index contributed by atoms with van der Waals surface area (Å²) in [6.07, 6.45) is 2.25. The first-order valence-electron chi connectivity index (χ1n) is 7.87. The van der Waals surface area contributed by atoms with Crippen molar-refractivity contribution >= 4 is 28.2 Å². The van der Waals surface area contributed by atoms with Gasteiger partial charge < -0.3 is 5.73 Å². The quantitative estimate of drug-likeness (QED) is 0.888. The molecule has 0 aromatic heterocycles. The van der Waals surface area contributed by atoms with E-state index in [0.29, 0.717) is 49.4 Å². The Morgan fingerprint density at radius 2 is 2.00 bits per heavy atom. The van der Waals surface area contributed by atoms with Crippen LogP contribution in [0.4, 0.5) is 0 Å². The Hall–Kier alpha value is -0.950. The van der Waals surface area contributed by atoms with Crippen LogP contribution in [0.25, 0.3) is 0 Å². The smallest absolute Gasteiger partial charge is 0.243 e. The number of benzene rings is 1. The first-order valence-corrected chi connectivity index (χ1v) is 9.31. The van der Waals surface area contributed by atoms with Gasteiger partial charge in [0.05, 0.1) is 4.90 Å². The second-order valence-corrected chi connectivity index (χ2v) is 8.66. The highest BCUT2D eigenvalue weighted by atomic mass is 35.5. The average molecular weight is 357 g/mol. The normalized spacial score (nSPS) is 29.6. The van der Waals surface area contributed by atoms with Crippen molar-refractivity contribution in [1.29, 1.82) is 0 Å². The molecule has 4 rings (SSSR count). The van der Waals surface area contributed by atoms with Crippen LogP contribution in [0.5, 0.6) is 0 Å². The second kappa shape index (κ2) is 5.84. The second-order valence-electron chi connectivity index (χ2n) is 6.72. The van der Waals surface area contributed by atoms with Crippen LogP contribution in [-0.4, -0.2) is 38.1 Å². The van der Waals surface area contributed by atoms with E-state index in [-0.39, 0.29) is 23.1 Å². The number of carbonyl (C=O) groups excluding carboxylic acids is 1. The number of nitrogens with zero attached hydrogens (tertiary/aromatic N) is 1. The predicted molar refractivity (Wildman–Crippen MR) is 89.2 cm³/mol. The summed E-state index contributed by atoms with van der Waals surface area (Å²) in [7, 11) is -3.50. The first-order chi connectivity index (χ1) is 10.5. The molecule has 5 nitrogen and oxygen atoms in total. The van der Waals surface area contributed by atoms with Crippen molar-refractivity contribution in [1.82, 2.24) is 4.31 Å². The van der Waals surface area contributed by atoms with Gasteiger partial charge in [0.2, 0.25) is 10.0 Å². The lowest BCUT2D eigenvalue weighted by molar-refractivity contribution is 0.0994. The lowest BCUT2D eigenvalue weighted by Gasteiger charge is -2.38. The monoisotopic (exact) mass is 356 g/mol. The number of hydrogen-bond donors (Lipinski definition) is 1. The Bertz CT molecular complexity index is 750. The molecule has 126 valence electrons. The van der Waals surface area contributed by atoms with Crippen LogP contribution in [0.3, 0.4) is 0 Å². The Morgan fingerprint density at radius 1 is 1.22 bits per heavy atom. The SMILES string of the molecule is Cl.NC[C@@H]1C[C@H]2CN(S(=O)(=O)c3ccc4c(c3)C(=O)CC4)C[C@@H]12. The van der Waals surface area contributed by atoms with Crippen molar-refractivity contribution in [2.45, 2.75) is 24.2 Å². The van der Waals surface area contributed by atoms with Gasteiger partial charge in [-0.2, -0.15) is 4.31 Å². The number of hydrogen-bond acceptors (Lipinski definition) is 4. The zero-order valence-electron chi connectivity index (χ0n) is 12.8. The van der Waals surface area contributed by atoms with Crippen molar-refractivity contribution in [2.24, 2.45) is 23.5 Å². The van der Waals surface area contributed by atoms with E-state index >= 15 is 0 Å². The molecule has 1 aromatic carbocycles. The average Bonchev–Trinajstić information content (AvgIpc) is 3.02. The molecular formula is C16H21ClN2O3S. The van der Waals surface area contributed by atoms with Gasteiger partial charge in [-0.1, -0.05) is 6.07 Å². The molecule has 0 unspecified atom stereocenters. The number of Topliss-reactive ketones (excluding diaryl/α,β-unsaturated/α-hetero) is 1. The standard InChI is InChI=1S/C16H20N2O3S.ClH/c17-7-11-5-12-8-18(9-15(11)12)22(20,21)13-3-1-10-2-4-16(19)14(10)6-13;/h1,3,6,11-12,15H,2,4-5,7-9,17H2;1H/t11-,12-,15-;/m0./s1. The maximum absolute atomic E-state index is 12.8. The molecule has 1 saturated heterocycles. The fourth-order valence-corrected chi connectivity index (χ4v) is 5.76. The first kappa shape index (κ1) is 16.9. The number of nitrogens with two attached hydrogens (primary N) is 1. The number of halogens is 1. The lowest BCUT2D eigenvalue weighted by Crippen LogP contribution is -2.40. The molecule has 1 aromatic rings. The topological polar surface area (TPSA) is 80.5 Å². The third-order valence-corrected chi connectivity index (χ3v) is 7.44. The van der Waals surface area contributed by atoms with Crippen LogP contribution in [0.1, 0.15) is 28.8 Å². The Kier molecular flexibility index (Phi) is 4.29. The molecule has 0 spiro atoms. The highest BCUT2D eigenvalue weighted by Crippen LogP contribution is 2.46. The summed E-state index contributed by atoms with van der Waals surface area (Å²) >= 11 is 0. The van der Waals surface area contributed by atoms with Gasteiger partial charge in [-0.15, -0.1) is 12.4 Å². The van der Waals surface area contributed by atoms with E-state index in [0.717, 1.165) is 18.4 Å². The maximum atomic E-state index is 12.8. The van der Waals surface area contributed by atoms with Gasteiger partial charge in [0.25, 0.3) is 0 Å². The molecule has 2 N–H and O–H groups in total. The summed E-state index contributed by atoms with van der Waals surface area (Å²) in [6, 6.07) is 5.01. The molecule has 0 amide bonds. The minimum Gasteiger partial charge on any atom is -0.330 e. The molecule has 1 aliphatic heterocycles. The van der Waals surface area contributed by atoms with Gasteiger partial charge in [0.15, 0.2) is 5.78 Å². The summed E-state index contributed by atoms with van der Waals surface area (Å²) in [5.41, 5.74) is 7.28. The molecule has 2 aliphatic carbocycles. The number of aryl methyl sites for hydroxylation is 1. The van der Waals surface area contributed by atoms with E-state index in [1.165, 1.54) is 0 Å². The Labute approximate surface area is 142 Å². The molecular weight excluding hydrogens is 336 g/mol. The fourth-order valence-electron chi connectivity index (χ4n) is 4.20. The van der Waals surface area contributed by atoms with Crippen LogP contribution < -0.4 is 5.73 Å². The summed E-state index contributed by atoms with van der Waals surface area (Å²) in [4.78, 5) is 12.1. The predicted octanol–water partition coefficient (Wildman–Crippen LogP) is 1.45. The van der Waals surface area contributed by atoms with Gasteiger partial charge in [-0.25, -0.2) is 8.42 Å². The summed E-state index contributed by atoms with van der Waals surface area (Å²) in [5.74, 6) is 1.39. The van der Waals surface area contributed by atoms with E-state index in [9.17, 15) is 13.2 Å². The lowest BCUT2D eigenvalue weighted by atomic mass is 9.67. The summed E-state index contributed by atoms with van der Waals surface area (Å²) in [5, 5.41) is 0. The van der Waals surface area contributed by atoms with E-state index in [1.54, 1.807) is 22.5 Å². The van der Waals surface area contributed by atoms with Crippen molar-refractivity contribution < 1.29 is 13.2 Å². The zero-order valence-corrected chi connectivity index (χ0v) is 14.4. The Balaban J connectivity index is 0.00000156. The van der Waals surface area contributed by atoms with Crippen LogP contribution in [0, 0.1) is 17.8 Å². The molecule has 3 aliphatic rings. The van der Waals surface area contributed by atoms with Crippen molar-refractivity contribution in [3.8, 4) is 0 Å². The van der Waals surface area contributed by atoms with Crippen LogP contribution in [0.2, 0.25) is 0 Å². The molecule has 1 saturated carbocycles. The number of carbonyl (C=O) groups is 1. The molecule has 23 heavy (non-hydrogen) atoms. The van der Waals surface area contributed by atoms with Crippen LogP contribution in [0.15, 0.2) is 23.1 Å². The highest BCUT2D eigenvalue weighted by molar-refractivity contribution is 7.89. The van der Waals surface area contributed by atoms with Crippen molar-refractivity contribution in [3.63, 3.8) is 0 Å². The Morgan fingerprint density at radius 3 is 2.74 bits per heavy atom. The summed E-state index contributed by atoms with van der Waals surface area (Å²) in [6.45, 7) is 1.80. The van der Waals surface area contributed by atoms with Crippen LogP contribution >= 0.6 is 12.4 Å². The van der Waals surface area contributed by atoms with E-state index < -0.39 is 10.0 Å². The number of rotatable bonds is 3. The molecule has 0 radical (unpaired) electrons.